The molecule has 0 N–H and O–H groups in total. The van der Waals surface area contributed by atoms with Gasteiger partial charge in [-0.2, -0.15) is 13.2 Å². The van der Waals surface area contributed by atoms with E-state index in [0.717, 1.165) is 0 Å². The van der Waals surface area contributed by atoms with Gasteiger partial charge in [0.25, 0.3) is 0 Å². The fourth-order valence-electron chi connectivity index (χ4n) is 0.805. The Labute approximate surface area is 80.2 Å². The first-order valence-electron chi connectivity index (χ1n) is 4.25. The molecule has 0 aliphatic heterocycles. The molecule has 0 aliphatic carbocycles. The molecule has 0 saturated carbocycles. The van der Waals surface area contributed by atoms with E-state index in [9.17, 15) is 18.0 Å². The lowest BCUT2D eigenvalue weighted by atomic mass is 10.2. The van der Waals surface area contributed by atoms with Gasteiger partial charge in [-0.05, 0) is 13.8 Å². The maximum atomic E-state index is 11.8. The molecular formula is C8H13F3O3. The highest BCUT2D eigenvalue weighted by molar-refractivity contribution is 5.84. The summed E-state index contributed by atoms with van der Waals surface area (Å²) in [6.45, 7) is 3.64. The van der Waals surface area contributed by atoms with Crippen molar-refractivity contribution in [2.45, 2.75) is 32.7 Å². The van der Waals surface area contributed by atoms with E-state index in [1.54, 1.807) is 13.8 Å². The Bertz CT molecular complexity index is 173. The molecule has 0 radical (unpaired) electrons. The number of hydrogen-bond acceptors (Lipinski definition) is 3. The van der Waals surface area contributed by atoms with Crippen LogP contribution in [0.4, 0.5) is 13.2 Å². The van der Waals surface area contributed by atoms with Crippen molar-refractivity contribution in [3.05, 3.63) is 0 Å². The van der Waals surface area contributed by atoms with E-state index in [-0.39, 0.29) is 13.2 Å². The van der Waals surface area contributed by atoms with Crippen LogP contribution in [0.25, 0.3) is 0 Å². The van der Waals surface area contributed by atoms with E-state index in [0.29, 0.717) is 0 Å². The lowest BCUT2D eigenvalue weighted by Crippen LogP contribution is -2.30. The van der Waals surface area contributed by atoms with Crippen LogP contribution in [0.3, 0.4) is 0 Å². The average molecular weight is 214 g/mol. The number of hydrogen-bond donors (Lipinski definition) is 0. The van der Waals surface area contributed by atoms with E-state index >= 15 is 0 Å². The molecule has 0 atom stereocenters. The Morgan fingerprint density at radius 2 is 1.64 bits per heavy atom. The summed E-state index contributed by atoms with van der Waals surface area (Å²) in [7, 11) is 0. The molecule has 0 fully saturated rings. The normalized spacial score (nSPS) is 12.1. The van der Waals surface area contributed by atoms with Crippen LogP contribution in [0.1, 0.15) is 20.3 Å². The minimum absolute atomic E-state index is 0.204. The molecule has 0 aromatic carbocycles. The van der Waals surface area contributed by atoms with Crippen LogP contribution >= 0.6 is 0 Å². The van der Waals surface area contributed by atoms with Crippen molar-refractivity contribution < 1.29 is 27.4 Å². The minimum Gasteiger partial charge on any atom is -0.352 e. The second kappa shape index (κ2) is 5.98. The molecule has 0 aromatic rings. The molecule has 0 saturated heterocycles. The molecule has 0 bridgehead atoms. The lowest BCUT2D eigenvalue weighted by molar-refractivity contribution is -0.187. The predicted molar refractivity (Wildman–Crippen MR) is 42.7 cm³/mol. The van der Waals surface area contributed by atoms with Gasteiger partial charge in [-0.3, -0.25) is 4.79 Å². The van der Waals surface area contributed by atoms with Crippen LogP contribution < -0.4 is 0 Å². The third-order valence-electron chi connectivity index (χ3n) is 1.37. The Balaban J connectivity index is 4.08. The molecule has 0 heterocycles. The van der Waals surface area contributed by atoms with Crippen molar-refractivity contribution in [3.63, 3.8) is 0 Å². The fraction of sp³-hybridized carbons (Fsp3) is 0.875. The molecular weight excluding hydrogens is 201 g/mol. The van der Waals surface area contributed by atoms with Crippen molar-refractivity contribution in [2.75, 3.05) is 13.2 Å². The monoisotopic (exact) mass is 214 g/mol. The predicted octanol–water partition coefficient (Wildman–Crippen LogP) is 1.91. The van der Waals surface area contributed by atoms with E-state index in [2.05, 4.69) is 0 Å². The van der Waals surface area contributed by atoms with E-state index in [1.807, 2.05) is 0 Å². The van der Waals surface area contributed by atoms with Crippen LogP contribution in [0.2, 0.25) is 0 Å². The number of rotatable bonds is 6. The van der Waals surface area contributed by atoms with Crippen LogP contribution in [-0.2, 0) is 14.3 Å². The number of halogens is 3. The number of ketones is 1. The number of Topliss-reactive ketones (excluding diaryl/α,β-unsaturated/α-hetero) is 1. The summed E-state index contributed by atoms with van der Waals surface area (Å²) in [6, 6.07) is 0. The molecule has 0 aromatic heterocycles. The standard InChI is InChI=1S/C8H13F3O3/c1-3-13-7(14-4-2)5-6(12)8(9,10)11/h7H,3-5H2,1-2H3. The molecule has 84 valence electrons. The SMILES string of the molecule is CCOC(CC(=O)C(F)(F)F)OCC. The van der Waals surface area contributed by atoms with E-state index < -0.39 is 24.7 Å². The van der Waals surface area contributed by atoms with Gasteiger partial charge in [-0.15, -0.1) is 0 Å². The second-order valence-corrected chi connectivity index (χ2v) is 2.47. The first-order valence-corrected chi connectivity index (χ1v) is 4.25. The van der Waals surface area contributed by atoms with Crippen molar-refractivity contribution >= 4 is 5.78 Å². The second-order valence-electron chi connectivity index (χ2n) is 2.47. The number of carbonyl (C=O) groups is 1. The number of ether oxygens (including phenoxy) is 2. The van der Waals surface area contributed by atoms with Gasteiger partial charge in [0.05, 0.1) is 6.42 Å². The maximum absolute atomic E-state index is 11.8. The molecule has 6 heteroatoms. The van der Waals surface area contributed by atoms with Gasteiger partial charge in [0, 0.05) is 13.2 Å². The van der Waals surface area contributed by atoms with Gasteiger partial charge in [-0.1, -0.05) is 0 Å². The highest BCUT2D eigenvalue weighted by Crippen LogP contribution is 2.19. The average Bonchev–Trinajstić information content (AvgIpc) is 2.03. The summed E-state index contributed by atoms with van der Waals surface area (Å²) in [5.74, 6) is -1.83. The molecule has 0 rings (SSSR count). The topological polar surface area (TPSA) is 35.5 Å². The first kappa shape index (κ1) is 13.4. The third-order valence-corrected chi connectivity index (χ3v) is 1.37. The van der Waals surface area contributed by atoms with Crippen LogP contribution in [0.5, 0.6) is 0 Å². The van der Waals surface area contributed by atoms with Crippen molar-refractivity contribution in [3.8, 4) is 0 Å². The van der Waals surface area contributed by atoms with Crippen molar-refractivity contribution in [2.24, 2.45) is 0 Å². The third kappa shape index (κ3) is 5.18. The molecule has 14 heavy (non-hydrogen) atoms. The van der Waals surface area contributed by atoms with Gasteiger partial charge in [0.1, 0.15) is 0 Å². The highest BCUT2D eigenvalue weighted by Gasteiger charge is 2.39. The smallest absolute Gasteiger partial charge is 0.352 e. The quantitative estimate of drug-likeness (QED) is 0.633. The Morgan fingerprint density at radius 3 is 1.93 bits per heavy atom. The first-order chi connectivity index (χ1) is 6.41. The molecule has 0 spiro atoms. The Kier molecular flexibility index (Phi) is 5.71. The summed E-state index contributed by atoms with van der Waals surface area (Å²) in [4.78, 5) is 10.5. The molecule has 0 amide bonds. The lowest BCUT2D eigenvalue weighted by Gasteiger charge is -2.16. The van der Waals surface area contributed by atoms with Gasteiger partial charge in [0.2, 0.25) is 5.78 Å². The number of carbonyl (C=O) groups excluding carboxylic acids is 1. The summed E-state index contributed by atoms with van der Waals surface area (Å²) >= 11 is 0. The highest BCUT2D eigenvalue weighted by atomic mass is 19.4. The van der Waals surface area contributed by atoms with Gasteiger partial charge < -0.3 is 9.47 Å². The van der Waals surface area contributed by atoms with Gasteiger partial charge in [0.15, 0.2) is 6.29 Å². The minimum atomic E-state index is -4.81. The summed E-state index contributed by atoms with van der Waals surface area (Å²) in [5.41, 5.74) is 0. The van der Waals surface area contributed by atoms with Crippen LogP contribution in [-0.4, -0.2) is 31.5 Å². The zero-order valence-corrected chi connectivity index (χ0v) is 8.06. The largest absolute Gasteiger partial charge is 0.450 e. The van der Waals surface area contributed by atoms with Gasteiger partial charge >= 0.3 is 6.18 Å². The summed E-state index contributed by atoms with van der Waals surface area (Å²) in [6.07, 6.45) is -6.70. The molecule has 3 nitrogen and oxygen atoms in total. The molecule has 0 unspecified atom stereocenters. The van der Waals surface area contributed by atoms with Crippen LogP contribution in [0, 0.1) is 0 Å². The zero-order chi connectivity index (χ0) is 11.2. The summed E-state index contributed by atoms with van der Waals surface area (Å²) in [5, 5.41) is 0. The Morgan fingerprint density at radius 1 is 1.21 bits per heavy atom. The van der Waals surface area contributed by atoms with E-state index in [4.69, 9.17) is 9.47 Å². The number of alkyl halides is 3. The summed E-state index contributed by atoms with van der Waals surface area (Å²) < 4.78 is 45.1. The Hall–Kier alpha value is -0.620. The van der Waals surface area contributed by atoms with Crippen LogP contribution in [0.15, 0.2) is 0 Å². The van der Waals surface area contributed by atoms with E-state index in [1.165, 1.54) is 0 Å². The molecule has 0 aliphatic rings. The van der Waals surface area contributed by atoms with Crippen molar-refractivity contribution in [1.29, 1.82) is 0 Å². The van der Waals surface area contributed by atoms with Crippen molar-refractivity contribution in [1.82, 2.24) is 0 Å². The fourth-order valence-corrected chi connectivity index (χ4v) is 0.805. The maximum Gasteiger partial charge on any atom is 0.450 e. The zero-order valence-electron chi connectivity index (χ0n) is 8.06. The van der Waals surface area contributed by atoms with Gasteiger partial charge in [-0.25, -0.2) is 0 Å².